The third-order valence-corrected chi connectivity index (χ3v) is 4.35. The predicted octanol–water partition coefficient (Wildman–Crippen LogP) is 1.37. The Balaban J connectivity index is 1.85. The van der Waals surface area contributed by atoms with Crippen LogP contribution in [0.5, 0.6) is 0 Å². The molecule has 74 valence electrons. The summed E-state index contributed by atoms with van der Waals surface area (Å²) >= 11 is 0. The third-order valence-electron chi connectivity index (χ3n) is 4.35. The Kier molecular flexibility index (Phi) is 1.88. The van der Waals surface area contributed by atoms with Gasteiger partial charge in [0, 0.05) is 24.7 Å². The highest BCUT2D eigenvalue weighted by Crippen LogP contribution is 2.40. The van der Waals surface area contributed by atoms with Gasteiger partial charge >= 0.3 is 0 Å². The molecule has 2 nitrogen and oxygen atoms in total. The maximum Gasteiger partial charge on any atom is 0.0337 e. The van der Waals surface area contributed by atoms with Gasteiger partial charge in [0.2, 0.25) is 0 Å². The number of hydrogen-bond donors (Lipinski definition) is 1. The molecule has 2 heteroatoms. The standard InChI is InChI=1S/C11H20N2/c1-2-6-11(5-1)9-12-8-10-4-3-7-13(10)11/h10,12H,1-9H2/t10-/m1/s1. The largest absolute Gasteiger partial charge is 0.313 e. The lowest BCUT2D eigenvalue weighted by Crippen LogP contribution is -2.62. The van der Waals surface area contributed by atoms with Gasteiger partial charge in [-0.15, -0.1) is 0 Å². The van der Waals surface area contributed by atoms with Gasteiger partial charge in [0.1, 0.15) is 0 Å². The van der Waals surface area contributed by atoms with E-state index in [1.54, 1.807) is 0 Å². The molecule has 1 atom stereocenters. The van der Waals surface area contributed by atoms with E-state index in [-0.39, 0.29) is 0 Å². The maximum atomic E-state index is 3.65. The van der Waals surface area contributed by atoms with E-state index in [0.29, 0.717) is 5.54 Å². The first-order chi connectivity index (χ1) is 6.41. The number of fused-ring (bicyclic) bond motifs is 2. The normalized spacial score (nSPS) is 38.3. The van der Waals surface area contributed by atoms with E-state index in [4.69, 9.17) is 0 Å². The Morgan fingerprint density at radius 2 is 2.00 bits per heavy atom. The van der Waals surface area contributed by atoms with Crippen LogP contribution in [-0.2, 0) is 0 Å². The highest BCUT2D eigenvalue weighted by atomic mass is 15.3. The van der Waals surface area contributed by atoms with Crippen molar-refractivity contribution in [1.82, 2.24) is 10.2 Å². The van der Waals surface area contributed by atoms with E-state index < -0.39 is 0 Å². The predicted molar refractivity (Wildman–Crippen MR) is 53.8 cm³/mol. The zero-order valence-electron chi connectivity index (χ0n) is 8.39. The topological polar surface area (TPSA) is 15.3 Å². The molecular weight excluding hydrogens is 160 g/mol. The van der Waals surface area contributed by atoms with E-state index in [0.717, 1.165) is 6.04 Å². The smallest absolute Gasteiger partial charge is 0.0337 e. The highest BCUT2D eigenvalue weighted by molar-refractivity contribution is 5.04. The molecule has 1 N–H and O–H groups in total. The molecule has 0 unspecified atom stereocenters. The van der Waals surface area contributed by atoms with Crippen LogP contribution in [0.3, 0.4) is 0 Å². The second-order valence-corrected chi connectivity index (χ2v) is 5.05. The lowest BCUT2D eigenvalue weighted by atomic mass is 9.91. The van der Waals surface area contributed by atoms with E-state index in [9.17, 15) is 0 Å². The molecule has 3 fully saturated rings. The first-order valence-electron chi connectivity index (χ1n) is 5.88. The average molecular weight is 180 g/mol. The Labute approximate surface area is 80.7 Å². The third kappa shape index (κ3) is 1.15. The van der Waals surface area contributed by atoms with Crippen LogP contribution in [0, 0.1) is 0 Å². The van der Waals surface area contributed by atoms with Crippen LogP contribution in [0.4, 0.5) is 0 Å². The van der Waals surface area contributed by atoms with Crippen molar-refractivity contribution in [3.8, 4) is 0 Å². The Morgan fingerprint density at radius 3 is 2.85 bits per heavy atom. The molecule has 2 aliphatic heterocycles. The Morgan fingerprint density at radius 1 is 1.15 bits per heavy atom. The van der Waals surface area contributed by atoms with Crippen LogP contribution < -0.4 is 5.32 Å². The molecule has 3 rings (SSSR count). The van der Waals surface area contributed by atoms with E-state index in [1.807, 2.05) is 0 Å². The summed E-state index contributed by atoms with van der Waals surface area (Å²) in [6.45, 7) is 3.90. The van der Waals surface area contributed by atoms with Crippen LogP contribution in [0.2, 0.25) is 0 Å². The molecule has 0 aromatic carbocycles. The highest BCUT2D eigenvalue weighted by Gasteiger charge is 2.46. The number of nitrogens with one attached hydrogen (secondary N) is 1. The molecule has 1 aliphatic carbocycles. The molecule has 0 amide bonds. The zero-order chi connectivity index (χ0) is 8.73. The average Bonchev–Trinajstić information content (AvgIpc) is 2.74. The second kappa shape index (κ2) is 2.96. The summed E-state index contributed by atoms with van der Waals surface area (Å²) in [6, 6.07) is 0.881. The van der Waals surface area contributed by atoms with Crippen molar-refractivity contribution in [3.63, 3.8) is 0 Å². The monoisotopic (exact) mass is 180 g/mol. The second-order valence-electron chi connectivity index (χ2n) is 5.05. The van der Waals surface area contributed by atoms with E-state index in [2.05, 4.69) is 10.2 Å². The minimum Gasteiger partial charge on any atom is -0.313 e. The van der Waals surface area contributed by atoms with Gasteiger partial charge in [-0.1, -0.05) is 12.8 Å². The van der Waals surface area contributed by atoms with Gasteiger partial charge < -0.3 is 5.32 Å². The minimum atomic E-state index is 0.597. The van der Waals surface area contributed by atoms with E-state index >= 15 is 0 Å². The van der Waals surface area contributed by atoms with Gasteiger partial charge in [0.05, 0.1) is 0 Å². The van der Waals surface area contributed by atoms with Gasteiger partial charge in [-0.3, -0.25) is 4.90 Å². The first-order valence-corrected chi connectivity index (χ1v) is 5.88. The van der Waals surface area contributed by atoms with Crippen molar-refractivity contribution in [3.05, 3.63) is 0 Å². The molecule has 1 spiro atoms. The first kappa shape index (κ1) is 8.25. The zero-order valence-corrected chi connectivity index (χ0v) is 8.39. The molecule has 0 bridgehead atoms. The number of piperazine rings is 1. The Hall–Kier alpha value is -0.0800. The molecule has 0 aromatic rings. The lowest BCUT2D eigenvalue weighted by Gasteiger charge is -2.47. The van der Waals surface area contributed by atoms with Crippen molar-refractivity contribution in [1.29, 1.82) is 0 Å². The fourth-order valence-corrected chi connectivity index (χ4v) is 3.74. The quantitative estimate of drug-likeness (QED) is 0.605. The van der Waals surface area contributed by atoms with Gasteiger partial charge in [-0.2, -0.15) is 0 Å². The molecule has 13 heavy (non-hydrogen) atoms. The summed E-state index contributed by atoms with van der Waals surface area (Å²) in [5.74, 6) is 0. The van der Waals surface area contributed by atoms with Crippen molar-refractivity contribution >= 4 is 0 Å². The molecular formula is C11H20N2. The van der Waals surface area contributed by atoms with Crippen LogP contribution in [-0.4, -0.2) is 36.1 Å². The fourth-order valence-electron chi connectivity index (χ4n) is 3.74. The van der Waals surface area contributed by atoms with Crippen LogP contribution >= 0.6 is 0 Å². The number of hydrogen-bond acceptors (Lipinski definition) is 2. The van der Waals surface area contributed by atoms with Crippen LogP contribution in [0.1, 0.15) is 38.5 Å². The van der Waals surface area contributed by atoms with Gasteiger partial charge in [0.25, 0.3) is 0 Å². The lowest BCUT2D eigenvalue weighted by molar-refractivity contribution is 0.0471. The Bertz CT molecular complexity index is 196. The SMILES string of the molecule is C1C[C@@H]2CNCC3(CCCC3)N2C1. The number of nitrogens with zero attached hydrogens (tertiary/aromatic N) is 1. The summed E-state index contributed by atoms with van der Waals surface area (Å²) in [5, 5.41) is 3.65. The van der Waals surface area contributed by atoms with Crippen molar-refractivity contribution in [2.24, 2.45) is 0 Å². The summed E-state index contributed by atoms with van der Waals surface area (Å²) in [7, 11) is 0. The van der Waals surface area contributed by atoms with Gasteiger partial charge in [-0.25, -0.2) is 0 Å². The number of rotatable bonds is 0. The van der Waals surface area contributed by atoms with Crippen molar-refractivity contribution in [2.75, 3.05) is 19.6 Å². The molecule has 0 radical (unpaired) electrons. The molecule has 0 aromatic heterocycles. The maximum absolute atomic E-state index is 3.65. The fraction of sp³-hybridized carbons (Fsp3) is 1.00. The van der Waals surface area contributed by atoms with Crippen LogP contribution in [0.15, 0.2) is 0 Å². The molecule has 2 heterocycles. The van der Waals surface area contributed by atoms with Crippen LogP contribution in [0.25, 0.3) is 0 Å². The van der Waals surface area contributed by atoms with E-state index in [1.165, 1.54) is 58.2 Å². The summed E-state index contributed by atoms with van der Waals surface area (Å²) in [6.07, 6.45) is 8.71. The van der Waals surface area contributed by atoms with Crippen molar-refractivity contribution < 1.29 is 0 Å². The summed E-state index contributed by atoms with van der Waals surface area (Å²) in [5.41, 5.74) is 0.597. The summed E-state index contributed by atoms with van der Waals surface area (Å²) in [4.78, 5) is 2.84. The minimum absolute atomic E-state index is 0.597. The molecule has 1 saturated carbocycles. The van der Waals surface area contributed by atoms with Gasteiger partial charge in [-0.05, 0) is 32.2 Å². The van der Waals surface area contributed by atoms with Gasteiger partial charge in [0.15, 0.2) is 0 Å². The van der Waals surface area contributed by atoms with Crippen molar-refractivity contribution in [2.45, 2.75) is 50.1 Å². The molecule has 3 aliphatic rings. The molecule has 2 saturated heterocycles. The summed E-state index contributed by atoms with van der Waals surface area (Å²) < 4.78 is 0.